The molecule has 1 saturated carbocycles. The minimum absolute atomic E-state index is 0.129. The monoisotopic (exact) mass is 223 g/mol. The Morgan fingerprint density at radius 1 is 1.38 bits per heavy atom. The first kappa shape index (κ1) is 11.0. The van der Waals surface area contributed by atoms with Crippen molar-refractivity contribution in [1.29, 1.82) is 0 Å². The lowest BCUT2D eigenvalue weighted by Gasteiger charge is -2.26. The summed E-state index contributed by atoms with van der Waals surface area (Å²) in [6.07, 6.45) is 4.17. The fourth-order valence-corrected chi connectivity index (χ4v) is 2.35. The van der Waals surface area contributed by atoms with Crippen LogP contribution in [-0.4, -0.2) is 16.1 Å². The molecule has 2 rings (SSSR count). The van der Waals surface area contributed by atoms with E-state index in [1.54, 1.807) is 12.1 Å². The normalized spacial score (nSPS) is 25.3. The second-order valence-electron chi connectivity index (χ2n) is 4.27. The first-order valence-electron chi connectivity index (χ1n) is 5.51. The molecule has 0 aromatic carbocycles. The van der Waals surface area contributed by atoms with Crippen molar-refractivity contribution in [2.75, 3.05) is 0 Å². The Labute approximate surface area is 93.3 Å². The summed E-state index contributed by atoms with van der Waals surface area (Å²) in [5.74, 6) is -1.27. The molecule has 0 atom stereocenters. The number of aliphatic carboxylic acids is 1. The molecule has 0 spiro atoms. The van der Waals surface area contributed by atoms with Gasteiger partial charge in [-0.3, -0.25) is 4.79 Å². The van der Waals surface area contributed by atoms with E-state index in [2.05, 4.69) is 4.98 Å². The molecule has 86 valence electrons. The maximum Gasteiger partial charge on any atom is 0.306 e. The lowest BCUT2D eigenvalue weighted by atomic mass is 9.79. The van der Waals surface area contributed by atoms with Crippen LogP contribution in [0.3, 0.4) is 0 Å². The van der Waals surface area contributed by atoms with Crippen LogP contribution in [0.1, 0.15) is 37.2 Å². The topological polar surface area (TPSA) is 50.2 Å². The lowest BCUT2D eigenvalue weighted by Crippen LogP contribution is -2.21. The van der Waals surface area contributed by atoms with Crippen molar-refractivity contribution < 1.29 is 14.3 Å². The molecule has 1 aromatic heterocycles. The van der Waals surface area contributed by atoms with Gasteiger partial charge in [-0.25, -0.2) is 4.98 Å². The van der Waals surface area contributed by atoms with E-state index in [-0.39, 0.29) is 11.8 Å². The van der Waals surface area contributed by atoms with Crippen LogP contribution in [0.2, 0.25) is 0 Å². The zero-order chi connectivity index (χ0) is 11.5. The molecule has 0 bridgehead atoms. The number of carboxylic acids is 1. The Bertz CT molecular complexity index is 386. The van der Waals surface area contributed by atoms with Crippen molar-refractivity contribution in [3.05, 3.63) is 29.8 Å². The zero-order valence-electron chi connectivity index (χ0n) is 8.90. The minimum Gasteiger partial charge on any atom is -0.481 e. The third-order valence-electron chi connectivity index (χ3n) is 3.30. The zero-order valence-corrected chi connectivity index (χ0v) is 8.90. The molecule has 16 heavy (non-hydrogen) atoms. The minimum atomic E-state index is -0.731. The van der Waals surface area contributed by atoms with Gasteiger partial charge in [0, 0.05) is 11.8 Å². The molecular weight excluding hydrogens is 209 g/mol. The van der Waals surface area contributed by atoms with E-state index in [1.807, 2.05) is 0 Å². The van der Waals surface area contributed by atoms with Gasteiger partial charge >= 0.3 is 5.97 Å². The second kappa shape index (κ2) is 4.60. The summed E-state index contributed by atoms with van der Waals surface area (Å²) in [5, 5.41) is 8.86. The number of nitrogens with zero attached hydrogens (tertiary/aromatic N) is 1. The Balaban J connectivity index is 2.05. The predicted octanol–water partition coefficient (Wildman–Crippen LogP) is 2.58. The molecule has 1 aromatic rings. The number of carbonyl (C=O) groups is 1. The number of hydrogen-bond acceptors (Lipinski definition) is 2. The lowest BCUT2D eigenvalue weighted by molar-refractivity contribution is -0.142. The molecular formula is C12H14FNO2. The second-order valence-corrected chi connectivity index (χ2v) is 4.27. The van der Waals surface area contributed by atoms with Crippen molar-refractivity contribution in [3.8, 4) is 0 Å². The number of aromatic nitrogens is 1. The summed E-state index contributed by atoms with van der Waals surface area (Å²) < 4.78 is 13.4. The highest BCUT2D eigenvalue weighted by Gasteiger charge is 2.28. The molecule has 1 heterocycles. The summed E-state index contributed by atoms with van der Waals surface area (Å²) in [7, 11) is 0. The van der Waals surface area contributed by atoms with Crippen molar-refractivity contribution in [2.45, 2.75) is 31.6 Å². The maximum atomic E-state index is 13.4. The molecule has 4 heteroatoms. The molecule has 0 unspecified atom stereocenters. The largest absolute Gasteiger partial charge is 0.481 e. The van der Waals surface area contributed by atoms with Crippen LogP contribution in [-0.2, 0) is 4.79 Å². The smallest absolute Gasteiger partial charge is 0.306 e. The van der Waals surface area contributed by atoms with E-state index in [0.29, 0.717) is 18.4 Å². The van der Waals surface area contributed by atoms with E-state index in [4.69, 9.17) is 5.11 Å². The number of carboxylic acid groups (broad SMARTS) is 1. The fraction of sp³-hybridized carbons (Fsp3) is 0.500. The summed E-state index contributed by atoms with van der Waals surface area (Å²) in [6.45, 7) is 0. The van der Waals surface area contributed by atoms with Crippen LogP contribution >= 0.6 is 0 Å². The summed E-state index contributed by atoms with van der Waals surface area (Å²) in [5.41, 5.74) is 0.631. The molecule has 0 radical (unpaired) electrons. The fourth-order valence-electron chi connectivity index (χ4n) is 2.35. The number of halogens is 1. The average Bonchev–Trinajstić information content (AvgIpc) is 2.30. The molecule has 1 aliphatic rings. The third kappa shape index (κ3) is 2.21. The van der Waals surface area contributed by atoms with E-state index in [0.717, 1.165) is 12.8 Å². The molecule has 0 aliphatic heterocycles. The van der Waals surface area contributed by atoms with Crippen LogP contribution in [0.15, 0.2) is 18.3 Å². The number of hydrogen-bond donors (Lipinski definition) is 1. The van der Waals surface area contributed by atoms with E-state index in [9.17, 15) is 9.18 Å². The van der Waals surface area contributed by atoms with E-state index in [1.165, 1.54) is 6.20 Å². The SMILES string of the molecule is O=C(O)C1CCC(c2cccnc2F)CC1. The van der Waals surface area contributed by atoms with Crippen molar-refractivity contribution in [3.63, 3.8) is 0 Å². The van der Waals surface area contributed by atoms with Gasteiger partial charge in [-0.15, -0.1) is 0 Å². The number of rotatable bonds is 2. The van der Waals surface area contributed by atoms with Gasteiger partial charge in [-0.1, -0.05) is 6.07 Å². The molecule has 3 nitrogen and oxygen atoms in total. The quantitative estimate of drug-likeness (QED) is 0.784. The van der Waals surface area contributed by atoms with Gasteiger partial charge in [0.05, 0.1) is 5.92 Å². The Hall–Kier alpha value is -1.45. The van der Waals surface area contributed by atoms with Crippen LogP contribution in [0, 0.1) is 11.9 Å². The van der Waals surface area contributed by atoms with Crippen molar-refractivity contribution in [2.24, 2.45) is 5.92 Å². The summed E-state index contributed by atoms with van der Waals surface area (Å²) >= 11 is 0. The van der Waals surface area contributed by atoms with Crippen LogP contribution in [0.25, 0.3) is 0 Å². The van der Waals surface area contributed by atoms with Gasteiger partial charge in [0.2, 0.25) is 5.95 Å². The standard InChI is InChI=1S/C12H14FNO2/c13-11-10(2-1-7-14-11)8-3-5-9(6-4-8)12(15)16/h1-2,7-9H,3-6H2,(H,15,16). The molecule has 1 N–H and O–H groups in total. The Kier molecular flexibility index (Phi) is 3.17. The highest BCUT2D eigenvalue weighted by Crippen LogP contribution is 2.36. The Morgan fingerprint density at radius 2 is 2.06 bits per heavy atom. The molecule has 0 saturated heterocycles. The van der Waals surface area contributed by atoms with Crippen LogP contribution in [0.5, 0.6) is 0 Å². The van der Waals surface area contributed by atoms with Gasteiger partial charge in [-0.2, -0.15) is 4.39 Å². The van der Waals surface area contributed by atoms with Gasteiger partial charge < -0.3 is 5.11 Å². The first-order valence-corrected chi connectivity index (χ1v) is 5.51. The van der Waals surface area contributed by atoms with E-state index < -0.39 is 11.9 Å². The molecule has 0 amide bonds. The van der Waals surface area contributed by atoms with Crippen LogP contribution < -0.4 is 0 Å². The van der Waals surface area contributed by atoms with Gasteiger partial charge in [-0.05, 0) is 37.7 Å². The average molecular weight is 223 g/mol. The van der Waals surface area contributed by atoms with Gasteiger partial charge in [0.15, 0.2) is 0 Å². The molecule has 1 fully saturated rings. The number of pyridine rings is 1. The van der Waals surface area contributed by atoms with Crippen molar-refractivity contribution in [1.82, 2.24) is 4.98 Å². The first-order chi connectivity index (χ1) is 7.68. The van der Waals surface area contributed by atoms with E-state index >= 15 is 0 Å². The highest BCUT2D eigenvalue weighted by atomic mass is 19.1. The van der Waals surface area contributed by atoms with Crippen molar-refractivity contribution >= 4 is 5.97 Å². The predicted molar refractivity (Wildman–Crippen MR) is 56.5 cm³/mol. The maximum absolute atomic E-state index is 13.4. The van der Waals surface area contributed by atoms with Gasteiger partial charge in [0.25, 0.3) is 0 Å². The third-order valence-corrected chi connectivity index (χ3v) is 3.30. The highest BCUT2D eigenvalue weighted by molar-refractivity contribution is 5.70. The Morgan fingerprint density at radius 3 is 2.62 bits per heavy atom. The summed E-state index contributed by atoms with van der Waals surface area (Å²) in [6, 6.07) is 3.47. The summed E-state index contributed by atoms with van der Waals surface area (Å²) in [4.78, 5) is 14.4. The van der Waals surface area contributed by atoms with Crippen LogP contribution in [0.4, 0.5) is 4.39 Å². The molecule has 1 aliphatic carbocycles. The van der Waals surface area contributed by atoms with Gasteiger partial charge in [0.1, 0.15) is 0 Å².